The molecule has 0 bridgehead atoms. The van der Waals surface area contributed by atoms with E-state index in [9.17, 15) is 0 Å². The molecule has 2 aliphatic carbocycles. The normalized spacial score (nSPS) is 21.9. The highest BCUT2D eigenvalue weighted by Crippen LogP contribution is 2.51. The molecule has 4 aliphatic heterocycles. The summed E-state index contributed by atoms with van der Waals surface area (Å²) in [4.78, 5) is 9.39. The summed E-state index contributed by atoms with van der Waals surface area (Å²) < 4.78 is 66.5. The van der Waals surface area contributed by atoms with Crippen LogP contribution in [-0.2, 0) is 54.8 Å². The van der Waals surface area contributed by atoms with Crippen molar-refractivity contribution in [1.29, 1.82) is 0 Å². The summed E-state index contributed by atoms with van der Waals surface area (Å²) in [5.74, 6) is 0. The van der Waals surface area contributed by atoms with Gasteiger partial charge in [-0.15, -0.1) is 7.96 Å². The predicted molar refractivity (Wildman–Crippen MR) is 386 cm³/mol. The molecule has 0 N–H and O–H groups in total. The SMILES string of the molecule is CN1/C(=C/C=C2\CC/C(=C\C=C3\N(C)c4ccccc4C3(C)C)C2=[N+](Cc2ccc(C[N+](=C3/C(=C/C=C4/N(C)c5ccccc5C4(C)C)CC/C3=C\C=C3\N(C)c4ccccc4C3(C)C)S(=O)(=O)c3ccccc3)cc2)S(=O)(=O)c2ccccc2)C(C)(C)c2ccccc21. The van der Waals surface area contributed by atoms with Gasteiger partial charge >= 0.3 is 20.0 Å². The van der Waals surface area contributed by atoms with Crippen LogP contribution in [0.3, 0.4) is 0 Å². The fourth-order valence-corrected chi connectivity index (χ4v) is 18.8. The van der Waals surface area contributed by atoms with Crippen molar-refractivity contribution < 1.29 is 24.8 Å². The number of benzene rings is 7. The highest BCUT2D eigenvalue weighted by Gasteiger charge is 2.45. The first kappa shape index (κ1) is 63.6. The van der Waals surface area contributed by atoms with Gasteiger partial charge in [-0.1, -0.05) is 213 Å². The molecule has 0 spiro atoms. The zero-order valence-corrected chi connectivity index (χ0v) is 57.9. The van der Waals surface area contributed by atoms with Crippen molar-refractivity contribution in [3.63, 3.8) is 0 Å². The molecule has 0 aromatic heterocycles. The summed E-state index contributed by atoms with van der Waals surface area (Å²) in [5, 5.41) is 0. The van der Waals surface area contributed by atoms with Gasteiger partial charge in [0.15, 0.2) is 13.1 Å². The monoisotopic (exact) mass is 1280 g/mol. The number of fused-ring (bicyclic) bond motifs is 4. The summed E-state index contributed by atoms with van der Waals surface area (Å²) in [6.45, 7) is 18.0. The van der Waals surface area contributed by atoms with E-state index >= 15 is 16.8 Å². The Bertz CT molecular complexity index is 4300. The minimum atomic E-state index is -4.22. The summed E-state index contributed by atoms with van der Waals surface area (Å²) >= 11 is 0. The van der Waals surface area contributed by atoms with Crippen molar-refractivity contribution in [1.82, 2.24) is 0 Å². The summed E-state index contributed by atoms with van der Waals surface area (Å²) in [6.07, 6.45) is 19.9. The largest absolute Gasteiger partial charge is 0.395 e. The second kappa shape index (κ2) is 24.0. The van der Waals surface area contributed by atoms with Crippen molar-refractivity contribution in [2.75, 3.05) is 47.8 Å². The second-order valence-electron chi connectivity index (χ2n) is 27.9. The molecule has 2 saturated carbocycles. The number of hydrogen-bond donors (Lipinski definition) is 0. The lowest BCUT2D eigenvalue weighted by atomic mass is 9.83. The van der Waals surface area contributed by atoms with Gasteiger partial charge in [0, 0.05) is 129 Å². The lowest BCUT2D eigenvalue weighted by Gasteiger charge is -2.24. The van der Waals surface area contributed by atoms with Crippen LogP contribution in [0, 0.1) is 0 Å². The number of nitrogens with zero attached hydrogens (tertiary/aromatic N) is 6. The molecular formula is C82H86N6O4S2+2. The molecule has 0 atom stereocenters. The van der Waals surface area contributed by atoms with E-state index in [0.717, 1.165) is 79.0 Å². The Morgan fingerprint density at radius 1 is 0.319 bits per heavy atom. The number of hydrogen-bond acceptors (Lipinski definition) is 8. The standard InChI is InChI=1S/C82H86N6O4S2/c1-79(2)65-31-19-23-35-69(65)83(9)73(79)51-47-59-43-44-60(48-52-74-80(3,4)66-32-20-24-36-70(66)84(74)10)77(59)87(93(89,90)63-27-15-13-16-28-63)55-57-39-41-58(42-40-57)56-88(94(91,92)64-29-17-14-18-30-64)78-61(49-53-75-81(5,6)67-33-21-25-37-71(67)85(75)11)45-46-62(78)50-54-76-82(7,8)68-34-22-26-38-72(68)86(76)12/h13-42,47-54H,43-46,55-56H2,1-12H3/q+2. The maximum absolute atomic E-state index is 15.8. The van der Waals surface area contributed by atoms with E-state index in [2.05, 4.69) is 249 Å². The first-order valence-corrected chi connectivity index (χ1v) is 35.7. The third-order valence-electron chi connectivity index (χ3n) is 20.9. The molecule has 94 heavy (non-hydrogen) atoms. The van der Waals surface area contributed by atoms with Crippen molar-refractivity contribution in [3.8, 4) is 0 Å². The molecule has 0 unspecified atom stereocenters. The van der Waals surface area contributed by atoms with Gasteiger partial charge in [0.05, 0.1) is 0 Å². The Morgan fingerprint density at radius 3 is 0.777 bits per heavy atom. The fourth-order valence-electron chi connectivity index (χ4n) is 15.7. The van der Waals surface area contributed by atoms with Gasteiger partial charge in [-0.2, -0.15) is 16.8 Å². The van der Waals surface area contributed by atoms with Crippen molar-refractivity contribution in [2.24, 2.45) is 0 Å². The summed E-state index contributed by atoms with van der Waals surface area (Å²) in [5.41, 5.74) is 19.3. The average molecular weight is 1280 g/mol. The molecule has 4 heterocycles. The number of allylic oxidation sites excluding steroid dienone is 16. The van der Waals surface area contributed by atoms with Gasteiger partial charge in [-0.25, -0.2) is 0 Å². The zero-order chi connectivity index (χ0) is 66.3. The number of sulfonamides is 2. The van der Waals surface area contributed by atoms with Crippen LogP contribution in [0.2, 0.25) is 0 Å². The summed E-state index contributed by atoms with van der Waals surface area (Å²) in [7, 11) is -0.00955. The molecule has 13 rings (SSSR count). The van der Waals surface area contributed by atoms with Gasteiger partial charge in [0.25, 0.3) is 0 Å². The van der Waals surface area contributed by atoms with Gasteiger partial charge in [0.2, 0.25) is 11.4 Å². The van der Waals surface area contributed by atoms with Crippen LogP contribution in [0.5, 0.6) is 0 Å². The van der Waals surface area contributed by atoms with Crippen molar-refractivity contribution in [3.05, 3.63) is 309 Å². The van der Waals surface area contributed by atoms with E-state index in [0.29, 0.717) is 37.1 Å². The van der Waals surface area contributed by atoms with E-state index in [1.54, 1.807) is 56.5 Å². The molecule has 0 radical (unpaired) electrons. The minimum absolute atomic E-state index is 0.0121. The third kappa shape index (κ3) is 10.8. The quantitative estimate of drug-likeness (QED) is 0.112. The predicted octanol–water partition coefficient (Wildman–Crippen LogP) is 16.9. The van der Waals surface area contributed by atoms with Crippen LogP contribution in [0.15, 0.2) is 285 Å². The molecule has 0 saturated heterocycles. The first-order valence-electron chi connectivity index (χ1n) is 32.8. The van der Waals surface area contributed by atoms with Crippen LogP contribution in [0.1, 0.15) is 114 Å². The lowest BCUT2D eigenvalue weighted by molar-refractivity contribution is -0.384. The Morgan fingerprint density at radius 2 is 0.543 bits per heavy atom. The maximum atomic E-state index is 15.8. The highest BCUT2D eigenvalue weighted by molar-refractivity contribution is 7.85. The van der Waals surface area contributed by atoms with Crippen LogP contribution >= 0.6 is 0 Å². The Kier molecular flexibility index (Phi) is 16.3. The highest BCUT2D eigenvalue weighted by atomic mass is 32.2. The molecule has 2 fully saturated rings. The molecule has 7 aromatic rings. The second-order valence-corrected chi connectivity index (χ2v) is 31.7. The van der Waals surface area contributed by atoms with Gasteiger partial charge in [-0.3, -0.25) is 0 Å². The Labute approximate surface area is 558 Å². The van der Waals surface area contributed by atoms with Gasteiger partial charge in [0.1, 0.15) is 9.79 Å². The average Bonchev–Trinajstić information content (AvgIpc) is 1.53. The molecule has 0 amide bonds. The number of rotatable bonds is 12. The van der Waals surface area contributed by atoms with E-state index in [1.807, 2.05) is 36.4 Å². The van der Waals surface area contributed by atoms with E-state index in [4.69, 9.17) is 0 Å². The third-order valence-corrected chi connectivity index (χ3v) is 24.4. The summed E-state index contributed by atoms with van der Waals surface area (Å²) in [6, 6.07) is 59.4. The number of likely N-dealkylation sites (N-methyl/N-ethyl adjacent to an activating group) is 4. The number of anilines is 4. The van der Waals surface area contributed by atoms with Crippen LogP contribution < -0.4 is 19.6 Å². The molecule has 478 valence electrons. The zero-order valence-electron chi connectivity index (χ0n) is 56.3. The van der Waals surface area contributed by atoms with Crippen LogP contribution in [-0.4, -0.2) is 64.4 Å². The maximum Gasteiger partial charge on any atom is 0.395 e. The van der Waals surface area contributed by atoms with Crippen molar-refractivity contribution in [2.45, 2.75) is 126 Å². The fraction of sp³-hybridized carbons (Fsp3) is 0.268. The van der Waals surface area contributed by atoms with Crippen LogP contribution in [0.25, 0.3) is 0 Å². The van der Waals surface area contributed by atoms with Crippen molar-refractivity contribution >= 4 is 54.2 Å². The Balaban J connectivity index is 0.960. The molecular weight excluding hydrogens is 1200 g/mol. The Hall–Kier alpha value is -9.10. The smallest absolute Gasteiger partial charge is 0.347 e. The molecule has 7 aromatic carbocycles. The first-order chi connectivity index (χ1) is 44.8. The van der Waals surface area contributed by atoms with E-state index < -0.39 is 20.0 Å². The number of para-hydroxylation sites is 4. The van der Waals surface area contributed by atoms with E-state index in [1.165, 1.54) is 22.3 Å². The molecule has 6 aliphatic rings. The molecule has 12 heteroatoms. The van der Waals surface area contributed by atoms with E-state index in [-0.39, 0.29) is 44.5 Å². The lowest BCUT2D eigenvalue weighted by Crippen LogP contribution is -2.29. The topological polar surface area (TPSA) is 87.3 Å². The minimum Gasteiger partial charge on any atom is -0.347 e. The van der Waals surface area contributed by atoms with Crippen LogP contribution in [0.4, 0.5) is 22.7 Å². The molecule has 10 nitrogen and oxygen atoms in total. The van der Waals surface area contributed by atoms with Gasteiger partial charge in [-0.05, 0) is 121 Å². The van der Waals surface area contributed by atoms with Gasteiger partial charge < -0.3 is 19.6 Å².